The predicted octanol–water partition coefficient (Wildman–Crippen LogP) is 2.48. The first-order chi connectivity index (χ1) is 7.00. The molecule has 1 aliphatic carbocycles. The summed E-state index contributed by atoms with van der Waals surface area (Å²) in [5, 5.41) is 0.896. The monoisotopic (exact) mass is 245 g/mol. The Morgan fingerprint density at radius 3 is 2.27 bits per heavy atom. The van der Waals surface area contributed by atoms with Gasteiger partial charge in [-0.3, -0.25) is 0 Å². The van der Waals surface area contributed by atoms with Crippen molar-refractivity contribution in [3.8, 4) is 0 Å². The third-order valence-electron chi connectivity index (χ3n) is 3.40. The van der Waals surface area contributed by atoms with Crippen molar-refractivity contribution in [1.29, 1.82) is 0 Å². The Bertz CT molecular complexity index is 372. The van der Waals surface area contributed by atoms with Crippen molar-refractivity contribution in [3.63, 3.8) is 0 Å². The van der Waals surface area contributed by atoms with E-state index in [1.54, 1.807) is 0 Å². The zero-order chi connectivity index (χ0) is 11.2. The third-order valence-corrected chi connectivity index (χ3v) is 4.00. The number of nitrogens with zero attached hydrogens (tertiary/aromatic N) is 2. The summed E-state index contributed by atoms with van der Waals surface area (Å²) in [7, 11) is 0. The van der Waals surface area contributed by atoms with E-state index in [4.69, 9.17) is 28.9 Å². The van der Waals surface area contributed by atoms with Gasteiger partial charge >= 0.3 is 0 Å². The fourth-order valence-electron chi connectivity index (χ4n) is 2.37. The highest BCUT2D eigenvalue weighted by Crippen LogP contribution is 2.65. The molecule has 0 spiro atoms. The van der Waals surface area contributed by atoms with E-state index >= 15 is 0 Å². The second kappa shape index (κ2) is 3.58. The second-order valence-corrected chi connectivity index (χ2v) is 5.23. The van der Waals surface area contributed by atoms with Crippen LogP contribution < -0.4 is 5.73 Å². The van der Waals surface area contributed by atoms with Crippen LogP contribution in [0.5, 0.6) is 0 Å². The van der Waals surface area contributed by atoms with Gasteiger partial charge in [0.25, 0.3) is 0 Å². The molecule has 0 saturated heterocycles. The van der Waals surface area contributed by atoms with E-state index in [2.05, 4.69) is 23.8 Å². The molecule has 5 heteroatoms. The normalized spacial score (nSPS) is 27.8. The summed E-state index contributed by atoms with van der Waals surface area (Å²) in [6.07, 6.45) is 1.38. The number of hydrogen-bond acceptors (Lipinski definition) is 3. The van der Waals surface area contributed by atoms with Gasteiger partial charge in [-0.15, -0.1) is 0 Å². The molecule has 82 valence electrons. The minimum absolute atomic E-state index is 0.146. The minimum Gasteiger partial charge on any atom is -0.330 e. The standard InChI is InChI=1S/C10H13Cl2N3/c1-10(2)5(3-13)7(10)6-8(11)14-4-15-9(6)12/h4-5,7H,3,13H2,1-2H3/t5-,7+/m0/s1. The Labute approximate surface area is 99.0 Å². The maximum atomic E-state index is 6.04. The van der Waals surface area contributed by atoms with E-state index in [9.17, 15) is 0 Å². The number of rotatable bonds is 2. The summed E-state index contributed by atoms with van der Waals surface area (Å²) in [4.78, 5) is 7.93. The van der Waals surface area contributed by atoms with Gasteiger partial charge < -0.3 is 5.73 Å². The fraction of sp³-hybridized carbons (Fsp3) is 0.600. The average molecular weight is 246 g/mol. The van der Waals surface area contributed by atoms with E-state index in [1.165, 1.54) is 6.33 Å². The van der Waals surface area contributed by atoms with Crippen LogP contribution in [0.4, 0.5) is 0 Å². The van der Waals surface area contributed by atoms with Crippen molar-refractivity contribution in [3.05, 3.63) is 22.2 Å². The summed E-state index contributed by atoms with van der Waals surface area (Å²) in [5.74, 6) is 0.696. The van der Waals surface area contributed by atoms with Crippen LogP contribution in [-0.2, 0) is 0 Å². The van der Waals surface area contributed by atoms with Gasteiger partial charge in [0, 0.05) is 5.56 Å². The van der Waals surface area contributed by atoms with Gasteiger partial charge in [-0.25, -0.2) is 9.97 Å². The van der Waals surface area contributed by atoms with Crippen LogP contribution in [0, 0.1) is 11.3 Å². The Hall–Kier alpha value is -0.380. The molecular weight excluding hydrogens is 233 g/mol. The molecule has 1 heterocycles. The lowest BCUT2D eigenvalue weighted by Crippen LogP contribution is -2.05. The molecule has 0 aliphatic heterocycles. The van der Waals surface area contributed by atoms with Crippen LogP contribution in [-0.4, -0.2) is 16.5 Å². The molecule has 0 aromatic carbocycles. The van der Waals surface area contributed by atoms with Crippen LogP contribution in [0.2, 0.25) is 10.3 Å². The summed E-state index contributed by atoms with van der Waals surface area (Å²) in [5.41, 5.74) is 6.70. The molecule has 0 unspecified atom stereocenters. The molecule has 2 atom stereocenters. The zero-order valence-corrected chi connectivity index (χ0v) is 10.2. The first-order valence-corrected chi connectivity index (χ1v) is 5.61. The van der Waals surface area contributed by atoms with Gasteiger partial charge in [-0.05, 0) is 23.8 Å². The molecule has 0 bridgehead atoms. The molecule has 2 N–H and O–H groups in total. The molecule has 2 rings (SSSR count). The molecule has 1 aromatic heterocycles. The Morgan fingerprint density at radius 1 is 1.33 bits per heavy atom. The van der Waals surface area contributed by atoms with Gasteiger partial charge in [-0.2, -0.15) is 0 Å². The van der Waals surface area contributed by atoms with Gasteiger partial charge in [0.05, 0.1) is 0 Å². The molecule has 1 fully saturated rings. The summed E-state index contributed by atoms with van der Waals surface area (Å²) in [6.45, 7) is 4.96. The van der Waals surface area contributed by atoms with Crippen LogP contribution in [0.25, 0.3) is 0 Å². The van der Waals surface area contributed by atoms with Crippen molar-refractivity contribution in [1.82, 2.24) is 9.97 Å². The van der Waals surface area contributed by atoms with Gasteiger partial charge in [0.1, 0.15) is 16.6 Å². The Morgan fingerprint density at radius 2 is 1.87 bits per heavy atom. The largest absolute Gasteiger partial charge is 0.330 e. The molecular formula is C10H13Cl2N3. The first kappa shape index (κ1) is 11.1. The van der Waals surface area contributed by atoms with Crippen LogP contribution in [0.1, 0.15) is 25.3 Å². The summed E-state index contributed by atoms with van der Waals surface area (Å²) < 4.78 is 0. The zero-order valence-electron chi connectivity index (χ0n) is 8.67. The number of aromatic nitrogens is 2. The molecule has 15 heavy (non-hydrogen) atoms. The highest BCUT2D eigenvalue weighted by atomic mass is 35.5. The van der Waals surface area contributed by atoms with Gasteiger partial charge in [0.2, 0.25) is 0 Å². The maximum Gasteiger partial charge on any atom is 0.137 e. The third kappa shape index (κ3) is 1.63. The Kier molecular flexibility index (Phi) is 2.65. The van der Waals surface area contributed by atoms with Crippen LogP contribution >= 0.6 is 23.2 Å². The smallest absolute Gasteiger partial charge is 0.137 e. The van der Waals surface area contributed by atoms with Crippen molar-refractivity contribution < 1.29 is 0 Å². The lowest BCUT2D eigenvalue weighted by Gasteiger charge is -2.05. The van der Waals surface area contributed by atoms with E-state index in [-0.39, 0.29) is 11.3 Å². The quantitative estimate of drug-likeness (QED) is 0.815. The lowest BCUT2D eigenvalue weighted by atomic mass is 10.1. The fourth-order valence-corrected chi connectivity index (χ4v) is 2.92. The van der Waals surface area contributed by atoms with E-state index in [0.29, 0.717) is 22.8 Å². The minimum atomic E-state index is 0.146. The molecule has 1 saturated carbocycles. The predicted molar refractivity (Wildman–Crippen MR) is 61.1 cm³/mol. The van der Waals surface area contributed by atoms with Gasteiger partial charge in [-0.1, -0.05) is 37.0 Å². The second-order valence-electron chi connectivity index (χ2n) is 4.51. The van der Waals surface area contributed by atoms with Crippen LogP contribution in [0.3, 0.4) is 0 Å². The lowest BCUT2D eigenvalue weighted by molar-refractivity contribution is 0.558. The number of hydrogen-bond donors (Lipinski definition) is 1. The average Bonchev–Trinajstić information content (AvgIpc) is 2.68. The number of nitrogens with two attached hydrogens (primary N) is 1. The van der Waals surface area contributed by atoms with Crippen molar-refractivity contribution in [2.75, 3.05) is 6.54 Å². The highest BCUT2D eigenvalue weighted by Gasteiger charge is 2.58. The first-order valence-electron chi connectivity index (χ1n) is 4.86. The molecule has 1 aromatic rings. The Balaban J connectivity index is 2.41. The highest BCUT2D eigenvalue weighted by molar-refractivity contribution is 6.34. The SMILES string of the molecule is CC1(C)[C@@H](CN)[C@@H]1c1c(Cl)ncnc1Cl. The van der Waals surface area contributed by atoms with Gasteiger partial charge in [0.15, 0.2) is 0 Å². The van der Waals surface area contributed by atoms with E-state index in [0.717, 1.165) is 5.56 Å². The molecule has 1 aliphatic rings. The van der Waals surface area contributed by atoms with E-state index < -0.39 is 0 Å². The van der Waals surface area contributed by atoms with Crippen LogP contribution in [0.15, 0.2) is 6.33 Å². The van der Waals surface area contributed by atoms with E-state index in [1.807, 2.05) is 0 Å². The van der Waals surface area contributed by atoms with Crippen molar-refractivity contribution >= 4 is 23.2 Å². The maximum absolute atomic E-state index is 6.04. The molecule has 3 nitrogen and oxygen atoms in total. The molecule has 0 radical (unpaired) electrons. The summed E-state index contributed by atoms with van der Waals surface area (Å²) >= 11 is 12.1. The van der Waals surface area contributed by atoms with Crippen molar-refractivity contribution in [2.24, 2.45) is 17.1 Å². The summed E-state index contributed by atoms with van der Waals surface area (Å²) in [6, 6.07) is 0. The molecule has 0 amide bonds. The number of halogens is 2. The topological polar surface area (TPSA) is 51.8 Å². The van der Waals surface area contributed by atoms with Crippen molar-refractivity contribution in [2.45, 2.75) is 19.8 Å².